The summed E-state index contributed by atoms with van der Waals surface area (Å²) in [6.45, 7) is 0. The number of halogens is 4. The third kappa shape index (κ3) is 2.69. The maximum atomic E-state index is 12.6. The molecule has 88 valence electrons. The van der Waals surface area contributed by atoms with E-state index >= 15 is 0 Å². The van der Waals surface area contributed by atoms with Crippen molar-refractivity contribution in [2.45, 2.75) is 6.18 Å². The molecule has 2 aromatic rings. The quantitative estimate of drug-likeness (QED) is 0.684. The molecule has 0 N–H and O–H groups in total. The number of benzene rings is 2. The Morgan fingerprint density at radius 3 is 2.12 bits per heavy atom. The first-order valence-electron chi connectivity index (χ1n) is 4.90. The molecule has 0 saturated carbocycles. The molecule has 0 spiro atoms. The van der Waals surface area contributed by atoms with Crippen LogP contribution in [0, 0.1) is 0 Å². The summed E-state index contributed by atoms with van der Waals surface area (Å²) in [4.78, 5) is 0. The van der Waals surface area contributed by atoms with Gasteiger partial charge in [-0.3, -0.25) is 0 Å². The van der Waals surface area contributed by atoms with E-state index in [-0.39, 0.29) is 0 Å². The lowest BCUT2D eigenvalue weighted by Crippen LogP contribution is -2.04. The Kier molecular flexibility index (Phi) is 3.24. The molecule has 0 bridgehead atoms. The second-order valence-electron chi connectivity index (χ2n) is 3.56. The molecule has 0 amide bonds. The van der Waals surface area contributed by atoms with E-state index in [2.05, 4.69) is 15.9 Å². The Balaban J connectivity index is 2.55. The molecule has 0 aliphatic carbocycles. The van der Waals surface area contributed by atoms with Gasteiger partial charge in [-0.2, -0.15) is 13.2 Å². The summed E-state index contributed by atoms with van der Waals surface area (Å²) in [6.07, 6.45) is -4.32. The summed E-state index contributed by atoms with van der Waals surface area (Å²) in [5.74, 6) is 0. The summed E-state index contributed by atoms with van der Waals surface area (Å²) in [5.41, 5.74) is 0.658. The maximum absolute atomic E-state index is 12.6. The largest absolute Gasteiger partial charge is 0.416 e. The van der Waals surface area contributed by atoms with E-state index < -0.39 is 11.7 Å². The lowest BCUT2D eigenvalue weighted by atomic mass is 10.0. The van der Waals surface area contributed by atoms with Crippen LogP contribution < -0.4 is 0 Å². The van der Waals surface area contributed by atoms with Gasteiger partial charge < -0.3 is 0 Å². The predicted molar refractivity (Wildman–Crippen MR) is 64.6 cm³/mol. The van der Waals surface area contributed by atoms with Gasteiger partial charge in [0.2, 0.25) is 0 Å². The van der Waals surface area contributed by atoms with Gasteiger partial charge in [0.15, 0.2) is 0 Å². The minimum Gasteiger partial charge on any atom is -0.166 e. The van der Waals surface area contributed by atoms with Crippen LogP contribution in [0.15, 0.2) is 53.0 Å². The van der Waals surface area contributed by atoms with Crippen molar-refractivity contribution in [1.29, 1.82) is 0 Å². The molecule has 0 saturated heterocycles. The second kappa shape index (κ2) is 4.53. The average molecular weight is 301 g/mol. The van der Waals surface area contributed by atoms with Gasteiger partial charge >= 0.3 is 6.18 Å². The lowest BCUT2D eigenvalue weighted by molar-refractivity contribution is -0.137. The molecule has 0 fully saturated rings. The van der Waals surface area contributed by atoms with E-state index in [4.69, 9.17) is 0 Å². The predicted octanol–water partition coefficient (Wildman–Crippen LogP) is 5.13. The third-order valence-corrected chi connectivity index (χ3v) is 3.07. The van der Waals surface area contributed by atoms with Crippen molar-refractivity contribution >= 4 is 15.9 Å². The Labute approximate surface area is 105 Å². The summed E-state index contributed by atoms with van der Waals surface area (Å²) in [6, 6.07) is 12.6. The highest BCUT2D eigenvalue weighted by molar-refractivity contribution is 9.10. The molecule has 0 aromatic heterocycles. The normalized spacial score (nSPS) is 11.5. The molecule has 0 aliphatic heterocycles. The molecular weight excluding hydrogens is 293 g/mol. The summed E-state index contributed by atoms with van der Waals surface area (Å²) < 4.78 is 38.4. The molecule has 0 unspecified atom stereocenters. The molecule has 0 radical (unpaired) electrons. The zero-order chi connectivity index (χ0) is 12.5. The monoisotopic (exact) mass is 300 g/mol. The van der Waals surface area contributed by atoms with E-state index in [0.717, 1.165) is 17.7 Å². The summed E-state index contributed by atoms with van der Waals surface area (Å²) in [7, 11) is 0. The van der Waals surface area contributed by atoms with Gasteiger partial charge in [-0.1, -0.05) is 46.3 Å². The molecular formula is C13H8BrF3. The standard InChI is InChI=1S/C13H8BrF3/c14-12-7-6-10(13(15,16)17)8-11(12)9-4-2-1-3-5-9/h1-8H. The molecule has 2 aromatic carbocycles. The van der Waals surface area contributed by atoms with Crippen molar-refractivity contribution in [2.24, 2.45) is 0 Å². The van der Waals surface area contributed by atoms with E-state index in [1.54, 1.807) is 24.3 Å². The Morgan fingerprint density at radius 1 is 0.882 bits per heavy atom. The number of hydrogen-bond acceptors (Lipinski definition) is 0. The SMILES string of the molecule is FC(F)(F)c1ccc(Br)c(-c2ccccc2)c1. The Morgan fingerprint density at radius 2 is 1.53 bits per heavy atom. The first-order chi connectivity index (χ1) is 7.98. The second-order valence-corrected chi connectivity index (χ2v) is 4.41. The van der Waals surface area contributed by atoms with Gasteiger partial charge in [-0.25, -0.2) is 0 Å². The maximum Gasteiger partial charge on any atom is 0.416 e. The van der Waals surface area contributed by atoms with Gasteiger partial charge in [0, 0.05) is 4.47 Å². The van der Waals surface area contributed by atoms with Crippen molar-refractivity contribution < 1.29 is 13.2 Å². The minimum absolute atomic E-state index is 0.542. The highest BCUT2D eigenvalue weighted by atomic mass is 79.9. The zero-order valence-electron chi connectivity index (χ0n) is 8.63. The Hall–Kier alpha value is -1.29. The highest BCUT2D eigenvalue weighted by Gasteiger charge is 2.30. The minimum atomic E-state index is -4.32. The molecule has 17 heavy (non-hydrogen) atoms. The van der Waals surface area contributed by atoms with Crippen LogP contribution in [0.3, 0.4) is 0 Å². The molecule has 2 rings (SSSR count). The van der Waals surface area contributed by atoms with E-state index in [1.807, 2.05) is 6.07 Å². The number of alkyl halides is 3. The van der Waals surface area contributed by atoms with Gasteiger partial charge in [0.25, 0.3) is 0 Å². The smallest absolute Gasteiger partial charge is 0.166 e. The fourth-order valence-corrected chi connectivity index (χ4v) is 2.02. The number of hydrogen-bond donors (Lipinski definition) is 0. The van der Waals surface area contributed by atoms with Crippen LogP contribution in [0.2, 0.25) is 0 Å². The van der Waals surface area contributed by atoms with E-state index in [1.165, 1.54) is 6.07 Å². The molecule has 0 atom stereocenters. The van der Waals surface area contributed by atoms with Crippen LogP contribution >= 0.6 is 15.9 Å². The summed E-state index contributed by atoms with van der Waals surface area (Å²) >= 11 is 3.27. The fourth-order valence-electron chi connectivity index (χ4n) is 1.54. The molecule has 0 heterocycles. The average Bonchev–Trinajstić information content (AvgIpc) is 2.29. The van der Waals surface area contributed by atoms with E-state index in [9.17, 15) is 13.2 Å². The van der Waals surface area contributed by atoms with Gasteiger partial charge in [-0.05, 0) is 29.3 Å². The van der Waals surface area contributed by atoms with Crippen LogP contribution in [0.4, 0.5) is 13.2 Å². The van der Waals surface area contributed by atoms with Crippen LogP contribution in [0.5, 0.6) is 0 Å². The first-order valence-corrected chi connectivity index (χ1v) is 5.70. The van der Waals surface area contributed by atoms with Gasteiger partial charge in [0.05, 0.1) is 5.56 Å². The topological polar surface area (TPSA) is 0 Å². The molecule has 0 aliphatic rings. The highest BCUT2D eigenvalue weighted by Crippen LogP contribution is 2.35. The van der Waals surface area contributed by atoms with Crippen LogP contribution in [0.1, 0.15) is 5.56 Å². The van der Waals surface area contributed by atoms with E-state index in [0.29, 0.717) is 10.0 Å². The number of rotatable bonds is 1. The van der Waals surface area contributed by atoms with Crippen molar-refractivity contribution in [3.8, 4) is 11.1 Å². The Bertz CT molecular complexity index is 518. The fraction of sp³-hybridized carbons (Fsp3) is 0.0769. The van der Waals surface area contributed by atoms with Crippen LogP contribution in [-0.4, -0.2) is 0 Å². The van der Waals surface area contributed by atoms with Crippen molar-refractivity contribution in [2.75, 3.05) is 0 Å². The van der Waals surface area contributed by atoms with Crippen molar-refractivity contribution in [1.82, 2.24) is 0 Å². The van der Waals surface area contributed by atoms with Gasteiger partial charge in [0.1, 0.15) is 0 Å². The lowest BCUT2D eigenvalue weighted by Gasteiger charge is -2.10. The van der Waals surface area contributed by atoms with Crippen LogP contribution in [-0.2, 0) is 6.18 Å². The first kappa shape index (κ1) is 12.2. The van der Waals surface area contributed by atoms with Gasteiger partial charge in [-0.15, -0.1) is 0 Å². The molecule has 0 nitrogen and oxygen atoms in total. The third-order valence-electron chi connectivity index (χ3n) is 2.38. The zero-order valence-corrected chi connectivity index (χ0v) is 10.2. The molecule has 4 heteroatoms. The van der Waals surface area contributed by atoms with Crippen molar-refractivity contribution in [3.63, 3.8) is 0 Å². The summed E-state index contributed by atoms with van der Waals surface area (Å²) in [5, 5.41) is 0. The van der Waals surface area contributed by atoms with Crippen molar-refractivity contribution in [3.05, 3.63) is 58.6 Å². The van der Waals surface area contributed by atoms with Crippen LogP contribution in [0.25, 0.3) is 11.1 Å².